The molecule has 1 aromatic rings. The molecule has 0 amide bonds. The van der Waals surface area contributed by atoms with Gasteiger partial charge in [-0.3, -0.25) is 0 Å². The highest BCUT2D eigenvalue weighted by Gasteiger charge is 2.23. The van der Waals surface area contributed by atoms with E-state index in [2.05, 4.69) is 31.3 Å². The fraction of sp³-hybridized carbons (Fsp3) is 0.625. The first-order valence-corrected chi connectivity index (χ1v) is 7.07. The SMILES string of the molecule is COc1ccc2c(c1)CCCC2NCC(C)(C)CO. The Morgan fingerprint density at radius 2 is 2.21 bits per heavy atom. The van der Waals surface area contributed by atoms with Gasteiger partial charge in [-0.05, 0) is 42.5 Å². The molecule has 1 aromatic carbocycles. The number of nitrogens with one attached hydrogen (secondary N) is 1. The summed E-state index contributed by atoms with van der Waals surface area (Å²) in [5, 5.41) is 12.9. The van der Waals surface area contributed by atoms with E-state index in [1.807, 2.05) is 6.07 Å². The van der Waals surface area contributed by atoms with E-state index in [0.29, 0.717) is 6.04 Å². The summed E-state index contributed by atoms with van der Waals surface area (Å²) in [7, 11) is 1.71. The van der Waals surface area contributed by atoms with Crippen molar-refractivity contribution in [3.63, 3.8) is 0 Å². The maximum absolute atomic E-state index is 9.33. The summed E-state index contributed by atoms with van der Waals surface area (Å²) in [5.74, 6) is 0.940. The Labute approximate surface area is 116 Å². The maximum atomic E-state index is 9.33. The van der Waals surface area contributed by atoms with Crippen molar-refractivity contribution in [3.05, 3.63) is 29.3 Å². The molecule has 0 saturated carbocycles. The summed E-state index contributed by atoms with van der Waals surface area (Å²) >= 11 is 0. The lowest BCUT2D eigenvalue weighted by Crippen LogP contribution is -2.35. The van der Waals surface area contributed by atoms with Crippen LogP contribution in [0.3, 0.4) is 0 Å². The Morgan fingerprint density at radius 1 is 1.42 bits per heavy atom. The van der Waals surface area contributed by atoms with Crippen molar-refractivity contribution in [2.75, 3.05) is 20.3 Å². The molecule has 0 radical (unpaired) electrons. The predicted octanol–water partition coefficient (Wildman–Crippen LogP) is 2.68. The van der Waals surface area contributed by atoms with Gasteiger partial charge >= 0.3 is 0 Å². The van der Waals surface area contributed by atoms with Crippen LogP contribution in [0.15, 0.2) is 18.2 Å². The number of aliphatic hydroxyl groups excluding tert-OH is 1. The zero-order valence-corrected chi connectivity index (χ0v) is 12.2. The minimum atomic E-state index is -0.0654. The fourth-order valence-electron chi connectivity index (χ4n) is 2.59. The number of hydrogen-bond acceptors (Lipinski definition) is 3. The van der Waals surface area contributed by atoms with Crippen LogP contribution in [0, 0.1) is 5.41 Å². The number of benzene rings is 1. The Bertz CT molecular complexity index is 429. The summed E-state index contributed by atoms with van der Waals surface area (Å²) in [6, 6.07) is 6.77. The quantitative estimate of drug-likeness (QED) is 0.858. The number of aliphatic hydroxyl groups is 1. The van der Waals surface area contributed by atoms with E-state index in [1.54, 1.807) is 7.11 Å². The largest absolute Gasteiger partial charge is 0.497 e. The minimum absolute atomic E-state index is 0.0654. The van der Waals surface area contributed by atoms with Crippen LogP contribution in [0.4, 0.5) is 0 Å². The van der Waals surface area contributed by atoms with Crippen LogP contribution >= 0.6 is 0 Å². The second kappa shape index (κ2) is 5.93. The molecule has 0 aromatic heterocycles. The highest BCUT2D eigenvalue weighted by atomic mass is 16.5. The zero-order chi connectivity index (χ0) is 13.9. The first-order valence-electron chi connectivity index (χ1n) is 7.07. The normalized spacial score (nSPS) is 19.1. The maximum Gasteiger partial charge on any atom is 0.119 e. The number of ether oxygens (including phenoxy) is 1. The molecule has 2 N–H and O–H groups in total. The van der Waals surface area contributed by atoms with E-state index in [4.69, 9.17) is 4.74 Å². The summed E-state index contributed by atoms with van der Waals surface area (Å²) in [6.45, 7) is 5.21. The van der Waals surface area contributed by atoms with Crippen molar-refractivity contribution < 1.29 is 9.84 Å². The van der Waals surface area contributed by atoms with Gasteiger partial charge < -0.3 is 15.2 Å². The molecule has 1 atom stereocenters. The van der Waals surface area contributed by atoms with Gasteiger partial charge in [0, 0.05) is 24.6 Å². The van der Waals surface area contributed by atoms with Crippen LogP contribution < -0.4 is 10.1 Å². The third-order valence-corrected chi connectivity index (χ3v) is 3.92. The van der Waals surface area contributed by atoms with Crippen LogP contribution in [0.1, 0.15) is 43.9 Å². The average molecular weight is 263 g/mol. The Hall–Kier alpha value is -1.06. The van der Waals surface area contributed by atoms with E-state index in [0.717, 1.165) is 18.7 Å². The average Bonchev–Trinajstić information content (AvgIpc) is 2.44. The second-order valence-electron chi connectivity index (χ2n) is 6.21. The van der Waals surface area contributed by atoms with Crippen LogP contribution in [-0.2, 0) is 6.42 Å². The van der Waals surface area contributed by atoms with E-state index in [9.17, 15) is 5.11 Å². The number of methoxy groups -OCH3 is 1. The molecule has 0 fully saturated rings. The van der Waals surface area contributed by atoms with Gasteiger partial charge in [0.05, 0.1) is 7.11 Å². The fourth-order valence-corrected chi connectivity index (χ4v) is 2.59. The van der Waals surface area contributed by atoms with Gasteiger partial charge in [-0.1, -0.05) is 19.9 Å². The van der Waals surface area contributed by atoms with Gasteiger partial charge in [-0.2, -0.15) is 0 Å². The van der Waals surface area contributed by atoms with Crippen LogP contribution in [0.5, 0.6) is 5.75 Å². The first-order chi connectivity index (χ1) is 9.05. The van der Waals surface area contributed by atoms with Gasteiger partial charge in [0.15, 0.2) is 0 Å². The molecular weight excluding hydrogens is 238 g/mol. The third-order valence-electron chi connectivity index (χ3n) is 3.92. The molecule has 1 aliphatic rings. The zero-order valence-electron chi connectivity index (χ0n) is 12.2. The van der Waals surface area contributed by atoms with E-state index >= 15 is 0 Å². The number of fused-ring (bicyclic) bond motifs is 1. The molecule has 1 unspecified atom stereocenters. The molecule has 106 valence electrons. The van der Waals surface area contributed by atoms with Crippen molar-refractivity contribution in [3.8, 4) is 5.75 Å². The first kappa shape index (κ1) is 14.4. The molecule has 0 spiro atoms. The number of aryl methyl sites for hydroxylation is 1. The summed E-state index contributed by atoms with van der Waals surface area (Å²) in [5.41, 5.74) is 2.72. The van der Waals surface area contributed by atoms with E-state index in [1.165, 1.54) is 24.0 Å². The lowest BCUT2D eigenvalue weighted by atomic mass is 9.86. The van der Waals surface area contributed by atoms with E-state index < -0.39 is 0 Å². The minimum Gasteiger partial charge on any atom is -0.497 e. The molecule has 0 saturated heterocycles. The third kappa shape index (κ3) is 3.48. The summed E-state index contributed by atoms with van der Waals surface area (Å²) in [6.07, 6.45) is 3.51. The Balaban J connectivity index is 2.09. The second-order valence-corrected chi connectivity index (χ2v) is 6.21. The predicted molar refractivity (Wildman–Crippen MR) is 77.5 cm³/mol. The van der Waals surface area contributed by atoms with Gasteiger partial charge in [-0.15, -0.1) is 0 Å². The standard InChI is InChI=1S/C16H25NO2/c1-16(2,11-18)10-17-15-6-4-5-12-9-13(19-3)7-8-14(12)15/h7-9,15,17-18H,4-6,10-11H2,1-3H3. The van der Waals surface area contributed by atoms with Crippen molar-refractivity contribution in [1.82, 2.24) is 5.32 Å². The lowest BCUT2D eigenvalue weighted by Gasteiger charge is -2.30. The number of hydrogen-bond donors (Lipinski definition) is 2. The van der Waals surface area contributed by atoms with Crippen LogP contribution in [-0.4, -0.2) is 25.4 Å². The monoisotopic (exact) mass is 263 g/mol. The van der Waals surface area contributed by atoms with E-state index in [-0.39, 0.29) is 12.0 Å². The molecule has 0 heterocycles. The van der Waals surface area contributed by atoms with Crippen molar-refractivity contribution in [1.29, 1.82) is 0 Å². The smallest absolute Gasteiger partial charge is 0.119 e. The molecule has 19 heavy (non-hydrogen) atoms. The molecule has 3 nitrogen and oxygen atoms in total. The van der Waals surface area contributed by atoms with Crippen molar-refractivity contribution in [2.24, 2.45) is 5.41 Å². The van der Waals surface area contributed by atoms with Gasteiger partial charge in [0.25, 0.3) is 0 Å². The Kier molecular flexibility index (Phi) is 4.48. The molecule has 3 heteroatoms. The molecule has 1 aliphatic carbocycles. The van der Waals surface area contributed by atoms with Crippen LogP contribution in [0.25, 0.3) is 0 Å². The van der Waals surface area contributed by atoms with Crippen molar-refractivity contribution in [2.45, 2.75) is 39.2 Å². The molecule has 0 bridgehead atoms. The lowest BCUT2D eigenvalue weighted by molar-refractivity contribution is 0.152. The highest BCUT2D eigenvalue weighted by molar-refractivity contribution is 5.39. The summed E-state index contributed by atoms with van der Waals surface area (Å²) < 4.78 is 5.29. The summed E-state index contributed by atoms with van der Waals surface area (Å²) in [4.78, 5) is 0. The van der Waals surface area contributed by atoms with Crippen LogP contribution in [0.2, 0.25) is 0 Å². The molecular formula is C16H25NO2. The topological polar surface area (TPSA) is 41.5 Å². The van der Waals surface area contributed by atoms with Crippen molar-refractivity contribution >= 4 is 0 Å². The van der Waals surface area contributed by atoms with Gasteiger partial charge in [0.1, 0.15) is 5.75 Å². The molecule has 0 aliphatic heterocycles. The number of rotatable bonds is 5. The van der Waals surface area contributed by atoms with Gasteiger partial charge in [0.2, 0.25) is 0 Å². The highest BCUT2D eigenvalue weighted by Crippen LogP contribution is 2.32. The molecule has 2 rings (SSSR count). The Morgan fingerprint density at radius 3 is 2.89 bits per heavy atom. The van der Waals surface area contributed by atoms with Gasteiger partial charge in [-0.25, -0.2) is 0 Å².